The van der Waals surface area contributed by atoms with E-state index in [0.29, 0.717) is 24.6 Å². The molecule has 0 atom stereocenters. The van der Waals surface area contributed by atoms with Crippen molar-refractivity contribution in [2.24, 2.45) is 0 Å². The van der Waals surface area contributed by atoms with E-state index in [1.54, 1.807) is 0 Å². The van der Waals surface area contributed by atoms with Gasteiger partial charge >= 0.3 is 0 Å². The molecule has 1 heterocycles. The topological polar surface area (TPSA) is 56.2 Å². The number of aromatic nitrogens is 2. The first-order chi connectivity index (χ1) is 14.2. The summed E-state index contributed by atoms with van der Waals surface area (Å²) in [6.07, 6.45) is 4.05. The van der Waals surface area contributed by atoms with Crippen LogP contribution in [0.4, 0.5) is 0 Å². The van der Waals surface area contributed by atoms with Gasteiger partial charge in [0, 0.05) is 25.9 Å². The smallest absolute Gasteiger partial charge is 0.219 e. The van der Waals surface area contributed by atoms with Gasteiger partial charge in [-0.2, -0.15) is 0 Å². The summed E-state index contributed by atoms with van der Waals surface area (Å²) in [6.45, 7) is 4.11. The van der Waals surface area contributed by atoms with Gasteiger partial charge in [-0.15, -0.1) is 0 Å². The van der Waals surface area contributed by atoms with Gasteiger partial charge in [0.15, 0.2) is 0 Å². The standard InChI is InChI=1S/C23H28ClN3O2/c1-2-9-23(28)25-15-14-22-26-19-11-4-5-12-20(19)27(22)16-7-8-17-29-21-13-6-3-10-18(21)24/h3-6,10-13H,2,7-9,14-17H2,1H3,(H,25,28). The number of para-hydroxylation sites is 3. The van der Waals surface area contributed by atoms with Gasteiger partial charge < -0.3 is 14.6 Å². The number of rotatable bonds is 11. The fraction of sp³-hybridized carbons (Fsp3) is 0.391. The molecule has 0 radical (unpaired) electrons. The molecule has 3 rings (SSSR count). The Bertz CT molecular complexity index is 939. The van der Waals surface area contributed by atoms with Gasteiger partial charge in [0.1, 0.15) is 11.6 Å². The molecule has 0 aliphatic rings. The van der Waals surface area contributed by atoms with E-state index >= 15 is 0 Å². The highest BCUT2D eigenvalue weighted by molar-refractivity contribution is 6.32. The number of hydrogen-bond donors (Lipinski definition) is 1. The molecule has 0 saturated carbocycles. The summed E-state index contributed by atoms with van der Waals surface area (Å²) in [5.41, 5.74) is 2.13. The number of unbranched alkanes of at least 4 members (excludes halogenated alkanes) is 1. The van der Waals surface area contributed by atoms with Crippen LogP contribution >= 0.6 is 11.6 Å². The number of nitrogens with zero attached hydrogens (tertiary/aromatic N) is 2. The summed E-state index contributed by atoms with van der Waals surface area (Å²) in [7, 11) is 0. The molecule has 6 heteroatoms. The van der Waals surface area contributed by atoms with Crippen molar-refractivity contribution in [2.75, 3.05) is 13.2 Å². The maximum absolute atomic E-state index is 11.7. The highest BCUT2D eigenvalue weighted by atomic mass is 35.5. The Morgan fingerprint density at radius 3 is 2.76 bits per heavy atom. The molecule has 154 valence electrons. The van der Waals surface area contributed by atoms with E-state index in [9.17, 15) is 4.79 Å². The summed E-state index contributed by atoms with van der Waals surface area (Å²) in [4.78, 5) is 16.5. The second kappa shape index (κ2) is 10.9. The summed E-state index contributed by atoms with van der Waals surface area (Å²) in [6, 6.07) is 15.7. The Balaban J connectivity index is 1.55. The van der Waals surface area contributed by atoms with E-state index in [1.165, 1.54) is 0 Å². The van der Waals surface area contributed by atoms with Crippen molar-refractivity contribution in [1.29, 1.82) is 0 Å². The third-order valence-corrected chi connectivity index (χ3v) is 5.06. The number of imidazole rings is 1. The van der Waals surface area contributed by atoms with Gasteiger partial charge in [-0.3, -0.25) is 4.79 Å². The van der Waals surface area contributed by atoms with Gasteiger partial charge in [-0.1, -0.05) is 42.8 Å². The summed E-state index contributed by atoms with van der Waals surface area (Å²) in [5.74, 6) is 1.84. The predicted octanol–water partition coefficient (Wildman–Crippen LogP) is 5.01. The first-order valence-corrected chi connectivity index (χ1v) is 10.6. The van der Waals surface area contributed by atoms with Crippen LogP contribution in [0.1, 0.15) is 38.4 Å². The van der Waals surface area contributed by atoms with E-state index in [2.05, 4.69) is 16.0 Å². The minimum Gasteiger partial charge on any atom is -0.492 e. The summed E-state index contributed by atoms with van der Waals surface area (Å²) in [5, 5.41) is 3.62. The Kier molecular flexibility index (Phi) is 7.94. The van der Waals surface area contributed by atoms with E-state index in [-0.39, 0.29) is 5.91 Å². The molecular weight excluding hydrogens is 386 g/mol. The van der Waals surface area contributed by atoms with Crippen LogP contribution < -0.4 is 10.1 Å². The zero-order valence-corrected chi connectivity index (χ0v) is 17.6. The van der Waals surface area contributed by atoms with E-state index < -0.39 is 0 Å². The second-order valence-electron chi connectivity index (χ2n) is 7.00. The van der Waals surface area contributed by atoms with Crippen LogP contribution in [0, 0.1) is 0 Å². The molecule has 29 heavy (non-hydrogen) atoms. The molecule has 0 fully saturated rings. The number of benzene rings is 2. The maximum atomic E-state index is 11.7. The normalized spacial score (nSPS) is 11.0. The van der Waals surface area contributed by atoms with Gasteiger partial charge in [0.25, 0.3) is 0 Å². The highest BCUT2D eigenvalue weighted by Crippen LogP contribution is 2.23. The molecule has 3 aromatic rings. The Morgan fingerprint density at radius 2 is 1.93 bits per heavy atom. The molecule has 1 N–H and O–H groups in total. The van der Waals surface area contributed by atoms with Crippen molar-refractivity contribution in [3.63, 3.8) is 0 Å². The number of ether oxygens (including phenoxy) is 1. The van der Waals surface area contributed by atoms with E-state index in [0.717, 1.165) is 54.8 Å². The second-order valence-corrected chi connectivity index (χ2v) is 7.41. The molecule has 1 amide bonds. The van der Waals surface area contributed by atoms with Crippen LogP contribution in [0.25, 0.3) is 11.0 Å². The molecule has 2 aromatic carbocycles. The number of fused-ring (bicyclic) bond motifs is 1. The molecule has 0 spiro atoms. The number of nitrogens with one attached hydrogen (secondary N) is 1. The Morgan fingerprint density at radius 1 is 1.14 bits per heavy atom. The van der Waals surface area contributed by atoms with Crippen molar-refractivity contribution in [3.05, 3.63) is 59.4 Å². The lowest BCUT2D eigenvalue weighted by Crippen LogP contribution is -2.26. The first-order valence-electron chi connectivity index (χ1n) is 10.3. The van der Waals surface area contributed by atoms with Crippen LogP contribution in [-0.4, -0.2) is 28.6 Å². The average Bonchev–Trinajstić information content (AvgIpc) is 3.07. The highest BCUT2D eigenvalue weighted by Gasteiger charge is 2.10. The minimum absolute atomic E-state index is 0.104. The number of halogens is 1. The maximum Gasteiger partial charge on any atom is 0.219 e. The Hall–Kier alpha value is -2.53. The summed E-state index contributed by atoms with van der Waals surface area (Å²) < 4.78 is 8.04. The van der Waals surface area contributed by atoms with Crippen LogP contribution in [-0.2, 0) is 17.8 Å². The number of aryl methyl sites for hydroxylation is 1. The van der Waals surface area contributed by atoms with Crippen molar-refractivity contribution in [2.45, 2.75) is 45.6 Å². The number of hydrogen-bond acceptors (Lipinski definition) is 3. The molecule has 0 aliphatic carbocycles. The lowest BCUT2D eigenvalue weighted by atomic mass is 10.2. The largest absolute Gasteiger partial charge is 0.492 e. The van der Waals surface area contributed by atoms with Crippen molar-refractivity contribution in [3.8, 4) is 5.75 Å². The molecule has 1 aromatic heterocycles. The number of carbonyl (C=O) groups excluding carboxylic acids is 1. The summed E-state index contributed by atoms with van der Waals surface area (Å²) >= 11 is 6.13. The SMILES string of the molecule is CCCC(=O)NCCc1nc2ccccc2n1CCCCOc1ccccc1Cl. The van der Waals surface area contributed by atoms with Crippen LogP contribution in [0.5, 0.6) is 5.75 Å². The van der Waals surface area contributed by atoms with E-state index in [1.807, 2.05) is 49.4 Å². The molecule has 0 unspecified atom stereocenters. The monoisotopic (exact) mass is 413 g/mol. The average molecular weight is 414 g/mol. The lowest BCUT2D eigenvalue weighted by molar-refractivity contribution is -0.121. The molecule has 5 nitrogen and oxygen atoms in total. The molecule has 0 bridgehead atoms. The van der Waals surface area contributed by atoms with Gasteiger partial charge in [0.05, 0.1) is 22.7 Å². The Labute approximate surface area is 177 Å². The third-order valence-electron chi connectivity index (χ3n) is 4.75. The van der Waals surface area contributed by atoms with Crippen LogP contribution in [0.15, 0.2) is 48.5 Å². The number of carbonyl (C=O) groups is 1. The zero-order chi connectivity index (χ0) is 20.5. The number of amides is 1. The van der Waals surface area contributed by atoms with Gasteiger partial charge in [-0.25, -0.2) is 4.98 Å². The lowest BCUT2D eigenvalue weighted by Gasteiger charge is -2.11. The quantitative estimate of drug-likeness (QED) is 0.449. The zero-order valence-electron chi connectivity index (χ0n) is 16.9. The minimum atomic E-state index is 0.104. The molecule has 0 aliphatic heterocycles. The van der Waals surface area contributed by atoms with Crippen molar-refractivity contribution >= 4 is 28.5 Å². The third kappa shape index (κ3) is 5.97. The molecule has 0 saturated heterocycles. The van der Waals surface area contributed by atoms with Gasteiger partial charge in [-0.05, 0) is 43.5 Å². The van der Waals surface area contributed by atoms with E-state index in [4.69, 9.17) is 21.3 Å². The van der Waals surface area contributed by atoms with Gasteiger partial charge in [0.2, 0.25) is 5.91 Å². The predicted molar refractivity (Wildman–Crippen MR) is 118 cm³/mol. The fourth-order valence-electron chi connectivity index (χ4n) is 3.31. The van der Waals surface area contributed by atoms with Crippen LogP contribution in [0.2, 0.25) is 5.02 Å². The van der Waals surface area contributed by atoms with Crippen LogP contribution in [0.3, 0.4) is 0 Å². The molecular formula is C23H28ClN3O2. The van der Waals surface area contributed by atoms with Crippen molar-refractivity contribution < 1.29 is 9.53 Å². The first kappa shape index (κ1) is 21.2. The van der Waals surface area contributed by atoms with Crippen molar-refractivity contribution in [1.82, 2.24) is 14.9 Å². The fourth-order valence-corrected chi connectivity index (χ4v) is 3.50.